The fraction of sp³-hybridized carbons (Fsp3) is 0.261. The Labute approximate surface area is 202 Å². The summed E-state index contributed by atoms with van der Waals surface area (Å²) in [6, 6.07) is 5.40. The Morgan fingerprint density at radius 1 is 1.23 bits per heavy atom. The molecule has 0 aliphatic carbocycles. The Morgan fingerprint density at radius 3 is 2.66 bits per heavy atom. The third-order valence-electron chi connectivity index (χ3n) is 5.79. The zero-order valence-corrected chi connectivity index (χ0v) is 19.5. The van der Waals surface area contributed by atoms with Gasteiger partial charge in [0.2, 0.25) is 0 Å². The highest BCUT2D eigenvalue weighted by Crippen LogP contribution is 2.41. The molecule has 2 amide bonds. The number of nitrogens with two attached hydrogens (primary N) is 1. The normalized spacial score (nSPS) is 15.2. The summed E-state index contributed by atoms with van der Waals surface area (Å²) in [5.41, 5.74) is 9.03. The first kappa shape index (κ1) is 23.0. The van der Waals surface area contributed by atoms with E-state index in [1.54, 1.807) is 27.9 Å². The van der Waals surface area contributed by atoms with Gasteiger partial charge in [-0.2, -0.15) is 5.10 Å². The molecule has 0 atom stereocenters. The maximum atomic E-state index is 13.0. The smallest absolute Gasteiger partial charge is 0.272 e. The van der Waals surface area contributed by atoms with E-state index in [-0.39, 0.29) is 25.5 Å². The third kappa shape index (κ3) is 4.37. The molecule has 5 heterocycles. The average Bonchev–Trinajstić information content (AvgIpc) is 3.38. The van der Waals surface area contributed by atoms with Gasteiger partial charge in [0, 0.05) is 42.9 Å². The number of nitrogens with one attached hydrogen (secondary N) is 1. The molecule has 35 heavy (non-hydrogen) atoms. The van der Waals surface area contributed by atoms with E-state index in [1.807, 2.05) is 19.1 Å². The molecule has 1 aliphatic heterocycles. The van der Waals surface area contributed by atoms with Crippen molar-refractivity contribution in [2.24, 2.45) is 5.73 Å². The van der Waals surface area contributed by atoms with Crippen molar-refractivity contribution in [3.05, 3.63) is 59.8 Å². The second-order valence-corrected chi connectivity index (χ2v) is 9.33. The molecule has 180 valence electrons. The molecule has 0 unspecified atom stereocenters. The average molecular weight is 498 g/mol. The van der Waals surface area contributed by atoms with E-state index in [9.17, 15) is 18.4 Å². The standard InChI is InChI=1S/C23H21F2N7O2S/c1-13-16(8-15(9-29-13)21(34)28-6-7-31-11-23(24,25)12-31)18-19(14-2-4-27-5-3-14)35-22-17(20(26)33)10-30-32(18)22/h2-5,8-10H,6-7,11-12H2,1H3,(H2,26,33)(H,28,34). The fourth-order valence-corrected chi connectivity index (χ4v) is 5.26. The number of likely N-dealkylation sites (tertiary alicyclic amines) is 1. The van der Waals surface area contributed by atoms with Crippen LogP contribution < -0.4 is 11.1 Å². The van der Waals surface area contributed by atoms with Crippen LogP contribution in [0.15, 0.2) is 43.0 Å². The van der Waals surface area contributed by atoms with Gasteiger partial charge in [-0.05, 0) is 30.7 Å². The maximum absolute atomic E-state index is 13.0. The second-order valence-electron chi connectivity index (χ2n) is 8.33. The predicted octanol–water partition coefficient (Wildman–Crippen LogP) is 2.61. The molecule has 3 N–H and O–H groups in total. The van der Waals surface area contributed by atoms with Crippen molar-refractivity contribution < 1.29 is 18.4 Å². The van der Waals surface area contributed by atoms with Crippen molar-refractivity contribution in [2.45, 2.75) is 12.8 Å². The Hall–Kier alpha value is -3.77. The molecular weight excluding hydrogens is 476 g/mol. The molecule has 9 nitrogen and oxygen atoms in total. The largest absolute Gasteiger partial charge is 0.365 e. The first-order chi connectivity index (χ1) is 16.7. The quantitative estimate of drug-likeness (QED) is 0.405. The van der Waals surface area contributed by atoms with E-state index in [1.165, 1.54) is 23.7 Å². The molecule has 0 saturated carbocycles. The number of nitrogens with zero attached hydrogens (tertiary/aromatic N) is 5. The fourth-order valence-electron chi connectivity index (χ4n) is 4.03. The summed E-state index contributed by atoms with van der Waals surface area (Å²) in [4.78, 5) is 36.2. The topological polar surface area (TPSA) is 119 Å². The monoisotopic (exact) mass is 497 g/mol. The van der Waals surface area contributed by atoms with Crippen molar-refractivity contribution in [1.82, 2.24) is 29.8 Å². The highest BCUT2D eigenvalue weighted by molar-refractivity contribution is 7.21. The maximum Gasteiger partial charge on any atom is 0.272 e. The lowest BCUT2D eigenvalue weighted by molar-refractivity contribution is -0.129. The minimum Gasteiger partial charge on any atom is -0.365 e. The molecule has 4 aromatic heterocycles. The highest BCUT2D eigenvalue weighted by atomic mass is 32.1. The number of carbonyl (C=O) groups is 2. The summed E-state index contributed by atoms with van der Waals surface area (Å²) in [7, 11) is 0. The summed E-state index contributed by atoms with van der Waals surface area (Å²) < 4.78 is 27.6. The van der Waals surface area contributed by atoms with Gasteiger partial charge in [-0.3, -0.25) is 24.5 Å². The zero-order valence-electron chi connectivity index (χ0n) is 18.7. The molecular formula is C23H21F2N7O2S. The number of amides is 2. The van der Waals surface area contributed by atoms with Crippen LogP contribution in [0.4, 0.5) is 8.78 Å². The first-order valence-corrected chi connectivity index (χ1v) is 11.6. The molecule has 0 radical (unpaired) electrons. The number of thiazole rings is 1. The van der Waals surface area contributed by atoms with Gasteiger partial charge in [0.05, 0.1) is 41.0 Å². The number of aryl methyl sites for hydroxylation is 1. The summed E-state index contributed by atoms with van der Waals surface area (Å²) in [6.07, 6.45) is 6.23. The van der Waals surface area contributed by atoms with E-state index in [0.717, 1.165) is 10.4 Å². The van der Waals surface area contributed by atoms with Crippen LogP contribution in [0.25, 0.3) is 26.5 Å². The lowest BCUT2D eigenvalue weighted by atomic mass is 10.0. The van der Waals surface area contributed by atoms with Crippen molar-refractivity contribution in [3.8, 4) is 21.7 Å². The summed E-state index contributed by atoms with van der Waals surface area (Å²) in [5.74, 6) is -3.59. The molecule has 0 aromatic carbocycles. The number of hydrogen-bond donors (Lipinski definition) is 2. The Kier molecular flexibility index (Phi) is 5.77. The van der Waals surface area contributed by atoms with E-state index in [4.69, 9.17) is 5.73 Å². The Bertz CT molecular complexity index is 1430. The minimum absolute atomic E-state index is 0.240. The summed E-state index contributed by atoms with van der Waals surface area (Å²) in [5, 5.41) is 7.16. The van der Waals surface area contributed by atoms with Crippen molar-refractivity contribution in [2.75, 3.05) is 26.2 Å². The van der Waals surface area contributed by atoms with E-state index in [0.29, 0.717) is 39.5 Å². The number of alkyl halides is 2. The molecule has 1 fully saturated rings. The van der Waals surface area contributed by atoms with Crippen LogP contribution in [0.2, 0.25) is 0 Å². The number of halogens is 2. The van der Waals surface area contributed by atoms with Crippen LogP contribution in [0.3, 0.4) is 0 Å². The van der Waals surface area contributed by atoms with Gasteiger partial charge in [0.25, 0.3) is 17.7 Å². The van der Waals surface area contributed by atoms with Gasteiger partial charge in [0.15, 0.2) is 0 Å². The first-order valence-electron chi connectivity index (χ1n) is 10.8. The van der Waals surface area contributed by atoms with Gasteiger partial charge in [-0.25, -0.2) is 13.3 Å². The molecule has 12 heteroatoms. The van der Waals surface area contributed by atoms with Crippen molar-refractivity contribution >= 4 is 28.0 Å². The van der Waals surface area contributed by atoms with Crippen LogP contribution in [0, 0.1) is 6.92 Å². The summed E-state index contributed by atoms with van der Waals surface area (Å²) >= 11 is 1.36. The molecule has 1 saturated heterocycles. The van der Waals surface area contributed by atoms with Crippen LogP contribution in [0.5, 0.6) is 0 Å². The molecule has 4 aromatic rings. The third-order valence-corrected chi connectivity index (χ3v) is 7.01. The lowest BCUT2D eigenvalue weighted by Crippen LogP contribution is -2.57. The van der Waals surface area contributed by atoms with Crippen LogP contribution >= 0.6 is 11.3 Å². The molecule has 1 aliphatic rings. The zero-order chi connectivity index (χ0) is 24.7. The SMILES string of the molecule is Cc1ncc(C(=O)NCCN2CC(F)(F)C2)cc1-c1c(-c2ccncc2)sc2c(C(N)=O)cnn12. The summed E-state index contributed by atoms with van der Waals surface area (Å²) in [6.45, 7) is 1.82. The highest BCUT2D eigenvalue weighted by Gasteiger charge is 2.43. The van der Waals surface area contributed by atoms with Crippen molar-refractivity contribution in [3.63, 3.8) is 0 Å². The van der Waals surface area contributed by atoms with Crippen LogP contribution in [-0.2, 0) is 0 Å². The minimum atomic E-state index is -2.64. The number of carbonyl (C=O) groups excluding carboxylic acids is 2. The number of primary amides is 1. The van der Waals surface area contributed by atoms with Crippen LogP contribution in [-0.4, -0.2) is 68.4 Å². The second kappa shape index (κ2) is 8.78. The van der Waals surface area contributed by atoms with Crippen LogP contribution in [0.1, 0.15) is 26.4 Å². The van der Waals surface area contributed by atoms with Gasteiger partial charge in [0.1, 0.15) is 4.83 Å². The van der Waals surface area contributed by atoms with E-state index < -0.39 is 11.8 Å². The number of rotatable bonds is 7. The molecule has 5 rings (SSSR count). The number of pyridine rings is 2. The number of aromatic nitrogens is 4. The van der Waals surface area contributed by atoms with Gasteiger partial charge >= 0.3 is 0 Å². The van der Waals surface area contributed by atoms with E-state index in [2.05, 4.69) is 20.4 Å². The number of fused-ring (bicyclic) bond motifs is 1. The molecule has 0 spiro atoms. The lowest BCUT2D eigenvalue weighted by Gasteiger charge is -2.38. The Morgan fingerprint density at radius 2 is 1.97 bits per heavy atom. The number of hydrogen-bond acceptors (Lipinski definition) is 7. The predicted molar refractivity (Wildman–Crippen MR) is 127 cm³/mol. The van der Waals surface area contributed by atoms with Gasteiger partial charge < -0.3 is 11.1 Å². The van der Waals surface area contributed by atoms with Crippen molar-refractivity contribution in [1.29, 1.82) is 0 Å². The molecule has 0 bridgehead atoms. The van der Waals surface area contributed by atoms with E-state index >= 15 is 0 Å². The Balaban J connectivity index is 1.49. The van der Waals surface area contributed by atoms with Gasteiger partial charge in [-0.1, -0.05) is 0 Å². The van der Waals surface area contributed by atoms with Gasteiger partial charge in [-0.15, -0.1) is 11.3 Å².